The highest BCUT2D eigenvalue weighted by atomic mass is 15.9. The van der Waals surface area contributed by atoms with Gasteiger partial charge >= 0.3 is 0 Å². The first-order chi connectivity index (χ1) is 12.6. The van der Waals surface area contributed by atoms with E-state index in [9.17, 15) is 0 Å². The molecule has 1 heterocycles. The van der Waals surface area contributed by atoms with Crippen molar-refractivity contribution in [3.8, 4) is 0 Å². The average molecular weight is 359 g/mol. The lowest BCUT2D eigenvalue weighted by Crippen LogP contribution is -2.47. The van der Waals surface area contributed by atoms with Crippen LogP contribution in [0.15, 0.2) is 30.0 Å². The van der Waals surface area contributed by atoms with E-state index >= 15 is 0 Å². The topological polar surface area (TPSA) is 44.5 Å². The first-order valence-corrected chi connectivity index (χ1v) is 10.5. The number of nitrogens with two attached hydrogens (primary N) is 1. The van der Waals surface area contributed by atoms with E-state index in [1.165, 1.54) is 75.3 Å². The fraction of sp³-hybridized carbons (Fsp3) is 0.636. The first-order valence-electron chi connectivity index (χ1n) is 10.5. The van der Waals surface area contributed by atoms with E-state index in [0.29, 0.717) is 0 Å². The van der Waals surface area contributed by atoms with Crippen LogP contribution in [-0.2, 0) is 0 Å². The molecule has 0 radical (unpaired) electrons. The van der Waals surface area contributed by atoms with Crippen molar-refractivity contribution < 1.29 is 0 Å². The van der Waals surface area contributed by atoms with Gasteiger partial charge in [-0.2, -0.15) is 0 Å². The fourth-order valence-electron chi connectivity index (χ4n) is 3.58. The zero-order chi connectivity index (χ0) is 18.8. The molecule has 0 aromatic heterocycles. The molecular formula is C22H38N4. The van der Waals surface area contributed by atoms with Crippen LogP contribution in [0.25, 0.3) is 5.70 Å². The van der Waals surface area contributed by atoms with E-state index in [2.05, 4.69) is 50.5 Å². The number of nitrogens with one attached hydrogen (secondary N) is 1. The molecule has 26 heavy (non-hydrogen) atoms. The van der Waals surface area contributed by atoms with E-state index in [1.807, 2.05) is 5.12 Å². The van der Waals surface area contributed by atoms with Gasteiger partial charge in [0, 0.05) is 12.1 Å². The van der Waals surface area contributed by atoms with Crippen molar-refractivity contribution in [2.24, 2.45) is 5.84 Å². The number of allylic oxidation sites excluding steroid dienone is 1. The van der Waals surface area contributed by atoms with Crippen LogP contribution in [0, 0.1) is 6.92 Å². The lowest BCUT2D eigenvalue weighted by molar-refractivity contribution is -0.00405. The molecule has 1 aromatic carbocycles. The lowest BCUT2D eigenvalue weighted by Gasteiger charge is -2.25. The van der Waals surface area contributed by atoms with Crippen molar-refractivity contribution in [1.29, 1.82) is 0 Å². The molecule has 1 aliphatic rings. The normalized spacial score (nSPS) is 15.0. The Bertz CT molecular complexity index is 567. The van der Waals surface area contributed by atoms with E-state index < -0.39 is 0 Å². The minimum Gasteiger partial charge on any atom is -0.298 e. The van der Waals surface area contributed by atoms with Gasteiger partial charge in [-0.05, 0) is 25.8 Å². The van der Waals surface area contributed by atoms with Crippen molar-refractivity contribution >= 4 is 5.70 Å². The van der Waals surface area contributed by atoms with Gasteiger partial charge in [-0.25, -0.2) is 11.0 Å². The molecule has 4 nitrogen and oxygen atoms in total. The van der Waals surface area contributed by atoms with Crippen LogP contribution >= 0.6 is 0 Å². The summed E-state index contributed by atoms with van der Waals surface area (Å²) in [5.74, 6) is 6.26. The summed E-state index contributed by atoms with van der Waals surface area (Å²) >= 11 is 0. The molecule has 0 atom stereocenters. The summed E-state index contributed by atoms with van der Waals surface area (Å²) < 4.78 is 0. The Morgan fingerprint density at radius 2 is 1.42 bits per heavy atom. The van der Waals surface area contributed by atoms with E-state index in [4.69, 9.17) is 5.84 Å². The molecule has 0 amide bonds. The Hall–Kier alpha value is -1.52. The maximum atomic E-state index is 6.26. The second-order valence-corrected chi connectivity index (χ2v) is 7.54. The molecule has 0 fully saturated rings. The number of benzene rings is 1. The summed E-state index contributed by atoms with van der Waals surface area (Å²) in [5, 5.41) is 3.80. The van der Waals surface area contributed by atoms with Gasteiger partial charge in [0.25, 0.3) is 0 Å². The van der Waals surface area contributed by atoms with Crippen LogP contribution in [0.3, 0.4) is 0 Å². The summed E-state index contributed by atoms with van der Waals surface area (Å²) in [6, 6.07) is 8.45. The third-order valence-corrected chi connectivity index (χ3v) is 5.34. The molecule has 1 aliphatic heterocycles. The van der Waals surface area contributed by atoms with Crippen molar-refractivity contribution in [1.82, 2.24) is 15.7 Å². The van der Waals surface area contributed by atoms with Gasteiger partial charge in [-0.1, -0.05) is 89.0 Å². The molecular weight excluding hydrogens is 320 g/mol. The summed E-state index contributed by atoms with van der Waals surface area (Å²) in [4.78, 5) is 0. The molecule has 0 saturated carbocycles. The molecule has 0 unspecified atom stereocenters. The standard InChI is InChI=1S/C22H38N4/c1-4-5-6-7-8-9-10-11-12-15-18-25-24-22(20(3)26(25)23)21-17-14-13-16-19(21)2/h13-14,16-17,24H,4-12,15,18,23H2,1-3H3. The quantitative estimate of drug-likeness (QED) is 0.382. The second kappa shape index (κ2) is 11.2. The molecule has 1 aromatic rings. The summed E-state index contributed by atoms with van der Waals surface area (Å²) in [6.45, 7) is 7.44. The van der Waals surface area contributed by atoms with Gasteiger partial charge < -0.3 is 0 Å². The predicted octanol–water partition coefficient (Wildman–Crippen LogP) is 5.52. The van der Waals surface area contributed by atoms with Crippen LogP contribution in [0.2, 0.25) is 0 Å². The number of unbranched alkanes of at least 4 members (excludes halogenated alkanes) is 9. The third kappa shape index (κ3) is 6.03. The van der Waals surface area contributed by atoms with E-state index in [-0.39, 0.29) is 0 Å². The molecule has 0 saturated heterocycles. The molecule has 0 aliphatic carbocycles. The van der Waals surface area contributed by atoms with Crippen molar-refractivity contribution in [2.75, 3.05) is 6.54 Å². The Morgan fingerprint density at radius 1 is 0.846 bits per heavy atom. The summed E-state index contributed by atoms with van der Waals surface area (Å²) in [5.41, 5.74) is 8.19. The molecule has 2 rings (SSSR count). The number of hydrogen-bond donors (Lipinski definition) is 2. The molecule has 146 valence electrons. The average Bonchev–Trinajstić information content (AvgIpc) is 2.92. The van der Waals surface area contributed by atoms with Crippen LogP contribution in [0.5, 0.6) is 0 Å². The van der Waals surface area contributed by atoms with Gasteiger partial charge in [0.2, 0.25) is 0 Å². The third-order valence-electron chi connectivity index (χ3n) is 5.34. The second-order valence-electron chi connectivity index (χ2n) is 7.54. The van der Waals surface area contributed by atoms with E-state index in [0.717, 1.165) is 17.9 Å². The van der Waals surface area contributed by atoms with Crippen LogP contribution in [0.1, 0.15) is 89.2 Å². The van der Waals surface area contributed by atoms with Crippen LogP contribution < -0.4 is 11.3 Å². The lowest BCUT2D eigenvalue weighted by atomic mass is 10.1. The number of nitrogens with zero attached hydrogens (tertiary/aromatic N) is 2. The van der Waals surface area contributed by atoms with Gasteiger partial charge in [0.1, 0.15) is 0 Å². The number of hydrogen-bond acceptors (Lipinski definition) is 4. The van der Waals surface area contributed by atoms with Gasteiger partial charge in [0.05, 0.1) is 11.4 Å². The number of rotatable bonds is 12. The minimum absolute atomic E-state index is 0.944. The van der Waals surface area contributed by atoms with Crippen LogP contribution in [0.4, 0.5) is 0 Å². The Morgan fingerprint density at radius 3 is 2.04 bits per heavy atom. The number of aryl methyl sites for hydroxylation is 1. The zero-order valence-electron chi connectivity index (χ0n) is 17.1. The molecule has 4 heteroatoms. The Kier molecular flexibility index (Phi) is 8.99. The smallest absolute Gasteiger partial charge is 0.0803 e. The largest absolute Gasteiger partial charge is 0.298 e. The molecule has 0 spiro atoms. The van der Waals surface area contributed by atoms with Crippen molar-refractivity contribution in [2.45, 2.75) is 85.0 Å². The number of hydrazine groups is 3. The minimum atomic E-state index is 0.944. The maximum Gasteiger partial charge on any atom is 0.0803 e. The first kappa shape index (κ1) is 20.8. The Labute approximate surface area is 160 Å². The monoisotopic (exact) mass is 358 g/mol. The summed E-state index contributed by atoms with van der Waals surface area (Å²) in [7, 11) is 0. The highest BCUT2D eigenvalue weighted by Gasteiger charge is 2.25. The fourth-order valence-corrected chi connectivity index (χ4v) is 3.58. The predicted molar refractivity (Wildman–Crippen MR) is 111 cm³/mol. The molecule has 0 bridgehead atoms. The van der Waals surface area contributed by atoms with Gasteiger partial charge in [0.15, 0.2) is 0 Å². The van der Waals surface area contributed by atoms with E-state index in [1.54, 1.807) is 5.12 Å². The molecule has 3 N–H and O–H groups in total. The maximum absolute atomic E-state index is 6.26. The highest BCUT2D eigenvalue weighted by molar-refractivity contribution is 5.69. The van der Waals surface area contributed by atoms with Gasteiger partial charge in [-0.3, -0.25) is 5.43 Å². The highest BCUT2D eigenvalue weighted by Crippen LogP contribution is 2.26. The zero-order valence-corrected chi connectivity index (χ0v) is 17.1. The van der Waals surface area contributed by atoms with Crippen LogP contribution in [-0.4, -0.2) is 16.8 Å². The summed E-state index contributed by atoms with van der Waals surface area (Å²) in [6.07, 6.45) is 13.5. The van der Waals surface area contributed by atoms with Gasteiger partial charge in [-0.15, -0.1) is 5.12 Å². The Balaban J connectivity index is 1.64. The SMILES string of the molecule is CCCCCCCCCCCCN1NC(c2ccccc2C)=C(C)N1N. The van der Waals surface area contributed by atoms with Crippen molar-refractivity contribution in [3.63, 3.8) is 0 Å². The van der Waals surface area contributed by atoms with Crippen molar-refractivity contribution in [3.05, 3.63) is 41.1 Å².